The number of fused-ring (bicyclic) bond motifs is 2. The maximum Gasteiger partial charge on any atom is 0.128 e. The second-order valence-electron chi connectivity index (χ2n) is 6.22. The first-order valence-electron chi connectivity index (χ1n) is 7.89. The molecule has 0 aromatic carbocycles. The summed E-state index contributed by atoms with van der Waals surface area (Å²) in [5, 5.41) is 3.74. The van der Waals surface area contributed by atoms with Crippen LogP contribution in [0, 0.1) is 0 Å². The lowest BCUT2D eigenvalue weighted by Gasteiger charge is -2.42. The normalized spacial score (nSPS) is 25.2. The lowest BCUT2D eigenvalue weighted by Crippen LogP contribution is -2.58. The van der Waals surface area contributed by atoms with Gasteiger partial charge in [-0.25, -0.2) is 4.98 Å². The Balaban J connectivity index is 0.00000161. The SMILES string of the molecule is CCN(C)c1ccc(CN2CC3CCCC(C2)N3)cn1.Cl. The van der Waals surface area contributed by atoms with Crippen LogP contribution in [0.25, 0.3) is 0 Å². The monoisotopic (exact) mass is 310 g/mol. The van der Waals surface area contributed by atoms with Crippen LogP contribution in [0.15, 0.2) is 18.3 Å². The molecule has 118 valence electrons. The van der Waals surface area contributed by atoms with Gasteiger partial charge in [0.25, 0.3) is 0 Å². The number of nitrogens with zero attached hydrogens (tertiary/aromatic N) is 3. The summed E-state index contributed by atoms with van der Waals surface area (Å²) < 4.78 is 0. The lowest BCUT2D eigenvalue weighted by atomic mass is 9.94. The molecule has 5 heteroatoms. The number of halogens is 1. The van der Waals surface area contributed by atoms with Crippen molar-refractivity contribution in [3.05, 3.63) is 23.9 Å². The average Bonchev–Trinajstić information content (AvgIpc) is 2.47. The van der Waals surface area contributed by atoms with E-state index in [4.69, 9.17) is 0 Å². The van der Waals surface area contributed by atoms with Crippen LogP contribution in [0.3, 0.4) is 0 Å². The molecule has 1 aromatic heterocycles. The van der Waals surface area contributed by atoms with E-state index in [2.05, 4.69) is 46.2 Å². The minimum Gasteiger partial charge on any atom is -0.360 e. The van der Waals surface area contributed by atoms with Gasteiger partial charge < -0.3 is 10.2 Å². The Labute approximate surface area is 134 Å². The Morgan fingerprint density at radius 3 is 2.57 bits per heavy atom. The summed E-state index contributed by atoms with van der Waals surface area (Å²) in [6.07, 6.45) is 6.12. The van der Waals surface area contributed by atoms with E-state index in [0.717, 1.165) is 18.9 Å². The number of aromatic nitrogens is 1. The highest BCUT2D eigenvalue weighted by molar-refractivity contribution is 5.85. The number of likely N-dealkylation sites (tertiary alicyclic amines) is 1. The van der Waals surface area contributed by atoms with Crippen LogP contribution in [0.1, 0.15) is 31.7 Å². The van der Waals surface area contributed by atoms with E-state index in [0.29, 0.717) is 12.1 Å². The molecular formula is C16H27ClN4. The molecule has 2 aliphatic rings. The summed E-state index contributed by atoms with van der Waals surface area (Å²) in [6, 6.07) is 5.79. The Morgan fingerprint density at radius 1 is 1.29 bits per heavy atom. The second-order valence-corrected chi connectivity index (χ2v) is 6.22. The molecule has 2 fully saturated rings. The molecule has 2 aliphatic heterocycles. The van der Waals surface area contributed by atoms with Gasteiger partial charge in [0.1, 0.15) is 5.82 Å². The highest BCUT2D eigenvalue weighted by atomic mass is 35.5. The van der Waals surface area contributed by atoms with Crippen molar-refractivity contribution in [3.8, 4) is 0 Å². The van der Waals surface area contributed by atoms with Crippen molar-refractivity contribution < 1.29 is 0 Å². The fraction of sp³-hybridized carbons (Fsp3) is 0.688. The Hall–Kier alpha value is -0.840. The van der Waals surface area contributed by atoms with Crippen molar-refractivity contribution in [2.75, 3.05) is 31.6 Å². The molecule has 0 amide bonds. The van der Waals surface area contributed by atoms with Gasteiger partial charge in [-0.3, -0.25) is 4.90 Å². The Kier molecular flexibility index (Phi) is 5.85. The number of rotatable bonds is 4. The summed E-state index contributed by atoms with van der Waals surface area (Å²) in [6.45, 7) is 6.56. The van der Waals surface area contributed by atoms with Gasteiger partial charge >= 0.3 is 0 Å². The molecule has 0 aliphatic carbocycles. The predicted octanol–water partition coefficient (Wildman–Crippen LogP) is 2.29. The van der Waals surface area contributed by atoms with Crippen molar-refractivity contribution in [2.24, 2.45) is 0 Å². The molecule has 0 spiro atoms. The molecule has 2 saturated heterocycles. The summed E-state index contributed by atoms with van der Waals surface area (Å²) in [5.41, 5.74) is 1.33. The van der Waals surface area contributed by atoms with Gasteiger partial charge in [0.05, 0.1) is 0 Å². The van der Waals surface area contributed by atoms with Crippen molar-refractivity contribution >= 4 is 18.2 Å². The first-order chi connectivity index (χ1) is 9.74. The van der Waals surface area contributed by atoms with E-state index in [1.165, 1.54) is 37.9 Å². The van der Waals surface area contributed by atoms with Crippen LogP contribution >= 0.6 is 12.4 Å². The lowest BCUT2D eigenvalue weighted by molar-refractivity contribution is 0.119. The number of hydrogen-bond acceptors (Lipinski definition) is 4. The maximum atomic E-state index is 4.57. The van der Waals surface area contributed by atoms with Gasteiger partial charge in [0.2, 0.25) is 0 Å². The summed E-state index contributed by atoms with van der Waals surface area (Å²) >= 11 is 0. The summed E-state index contributed by atoms with van der Waals surface area (Å²) in [5.74, 6) is 1.06. The van der Waals surface area contributed by atoms with Gasteiger partial charge in [-0.15, -0.1) is 12.4 Å². The van der Waals surface area contributed by atoms with Crippen LogP contribution in [-0.4, -0.2) is 48.6 Å². The van der Waals surface area contributed by atoms with E-state index >= 15 is 0 Å². The molecule has 2 unspecified atom stereocenters. The number of pyridine rings is 1. The maximum absolute atomic E-state index is 4.57. The third-order valence-corrected chi connectivity index (χ3v) is 4.61. The molecule has 0 radical (unpaired) electrons. The minimum absolute atomic E-state index is 0. The van der Waals surface area contributed by atoms with E-state index in [1.54, 1.807) is 0 Å². The molecule has 1 N–H and O–H groups in total. The van der Waals surface area contributed by atoms with Crippen molar-refractivity contribution in [2.45, 2.75) is 44.8 Å². The molecule has 3 heterocycles. The zero-order chi connectivity index (χ0) is 13.9. The fourth-order valence-electron chi connectivity index (χ4n) is 3.38. The number of piperidine rings is 1. The van der Waals surface area contributed by atoms with E-state index in [-0.39, 0.29) is 12.4 Å². The molecule has 2 atom stereocenters. The van der Waals surface area contributed by atoms with Crippen LogP contribution in [-0.2, 0) is 6.54 Å². The summed E-state index contributed by atoms with van der Waals surface area (Å²) in [4.78, 5) is 9.32. The Bertz CT molecular complexity index is 424. The standard InChI is InChI=1S/C16H26N4.ClH/c1-3-19(2)16-8-7-13(9-17-16)10-20-11-14-5-4-6-15(12-20)18-14;/h7-9,14-15,18H,3-6,10-12H2,1-2H3;1H. The first kappa shape index (κ1) is 16.5. The van der Waals surface area contributed by atoms with Crippen molar-refractivity contribution in [3.63, 3.8) is 0 Å². The average molecular weight is 311 g/mol. The first-order valence-corrected chi connectivity index (χ1v) is 7.89. The highest BCUT2D eigenvalue weighted by Gasteiger charge is 2.29. The smallest absolute Gasteiger partial charge is 0.128 e. The number of hydrogen-bond donors (Lipinski definition) is 1. The minimum atomic E-state index is 0. The van der Waals surface area contributed by atoms with Crippen molar-refractivity contribution in [1.82, 2.24) is 15.2 Å². The predicted molar refractivity (Wildman–Crippen MR) is 90.3 cm³/mol. The third kappa shape index (κ3) is 4.09. The molecule has 0 saturated carbocycles. The highest BCUT2D eigenvalue weighted by Crippen LogP contribution is 2.21. The summed E-state index contributed by atoms with van der Waals surface area (Å²) in [7, 11) is 2.08. The quantitative estimate of drug-likeness (QED) is 0.924. The fourth-order valence-corrected chi connectivity index (χ4v) is 3.38. The van der Waals surface area contributed by atoms with Gasteiger partial charge in [-0.1, -0.05) is 12.5 Å². The van der Waals surface area contributed by atoms with Gasteiger partial charge in [-0.2, -0.15) is 0 Å². The van der Waals surface area contributed by atoms with Crippen LogP contribution < -0.4 is 10.2 Å². The number of piperazine rings is 1. The van der Waals surface area contributed by atoms with Crippen LogP contribution in [0.2, 0.25) is 0 Å². The third-order valence-electron chi connectivity index (χ3n) is 4.61. The van der Waals surface area contributed by atoms with E-state index < -0.39 is 0 Å². The van der Waals surface area contributed by atoms with Gasteiger partial charge in [-0.05, 0) is 31.4 Å². The van der Waals surface area contributed by atoms with Gasteiger partial charge in [0.15, 0.2) is 0 Å². The molecule has 4 nitrogen and oxygen atoms in total. The van der Waals surface area contributed by atoms with Crippen LogP contribution in [0.5, 0.6) is 0 Å². The van der Waals surface area contributed by atoms with Crippen molar-refractivity contribution in [1.29, 1.82) is 0 Å². The molecular weight excluding hydrogens is 284 g/mol. The molecule has 2 bridgehead atoms. The molecule has 3 rings (SSSR count). The zero-order valence-corrected chi connectivity index (χ0v) is 13.9. The Morgan fingerprint density at radius 2 is 2.00 bits per heavy atom. The number of anilines is 1. The second kappa shape index (κ2) is 7.43. The zero-order valence-electron chi connectivity index (χ0n) is 13.1. The molecule has 1 aromatic rings. The van der Waals surface area contributed by atoms with E-state index in [1.807, 2.05) is 6.20 Å². The van der Waals surface area contributed by atoms with Gasteiger partial charge in [0, 0.05) is 51.5 Å². The topological polar surface area (TPSA) is 31.4 Å². The number of nitrogens with one attached hydrogen (secondary N) is 1. The van der Waals surface area contributed by atoms with Crippen LogP contribution in [0.4, 0.5) is 5.82 Å². The molecule has 21 heavy (non-hydrogen) atoms. The largest absolute Gasteiger partial charge is 0.360 e. The van der Waals surface area contributed by atoms with E-state index in [9.17, 15) is 0 Å².